The van der Waals surface area contributed by atoms with Crippen LogP contribution in [0.1, 0.15) is 24.6 Å². The van der Waals surface area contributed by atoms with Gasteiger partial charge in [0.1, 0.15) is 0 Å². The Morgan fingerprint density at radius 1 is 0.955 bits per heavy atom. The number of hydrogen-bond donors (Lipinski definition) is 0. The zero-order valence-electron chi connectivity index (χ0n) is 12.7. The van der Waals surface area contributed by atoms with Crippen LogP contribution in [0.5, 0.6) is 0 Å². The minimum absolute atomic E-state index is 0.625. The number of likely N-dealkylation sites (tertiary alicyclic amines) is 1. The second-order valence-electron chi connectivity index (χ2n) is 6.11. The molecule has 1 fully saturated rings. The van der Waals surface area contributed by atoms with E-state index in [1.165, 1.54) is 29.4 Å². The molecule has 0 N–H and O–H groups in total. The first-order valence-corrected chi connectivity index (χ1v) is 8.08. The number of pyridine rings is 1. The maximum atomic E-state index is 4.44. The highest BCUT2D eigenvalue weighted by Crippen LogP contribution is 2.28. The lowest BCUT2D eigenvalue weighted by Gasteiger charge is -2.32. The third-order valence-electron chi connectivity index (χ3n) is 4.69. The van der Waals surface area contributed by atoms with Gasteiger partial charge in [-0.05, 0) is 42.5 Å². The van der Waals surface area contributed by atoms with Crippen molar-refractivity contribution in [1.29, 1.82) is 0 Å². The number of fused-ring (bicyclic) bond motifs is 1. The summed E-state index contributed by atoms with van der Waals surface area (Å²) in [6.07, 6.45) is 6.56. The Morgan fingerprint density at radius 3 is 2.59 bits per heavy atom. The van der Waals surface area contributed by atoms with Crippen LogP contribution < -0.4 is 0 Å². The minimum atomic E-state index is 0.625. The van der Waals surface area contributed by atoms with E-state index >= 15 is 0 Å². The van der Waals surface area contributed by atoms with Gasteiger partial charge in [-0.3, -0.25) is 9.88 Å². The van der Waals surface area contributed by atoms with Crippen LogP contribution in [0.3, 0.4) is 0 Å². The van der Waals surface area contributed by atoms with E-state index in [-0.39, 0.29) is 0 Å². The van der Waals surface area contributed by atoms with E-state index in [2.05, 4.69) is 63.1 Å². The van der Waals surface area contributed by atoms with Crippen molar-refractivity contribution in [2.24, 2.45) is 0 Å². The molecule has 0 unspecified atom stereocenters. The van der Waals surface area contributed by atoms with Crippen LogP contribution in [0, 0.1) is 0 Å². The van der Waals surface area contributed by atoms with Crippen molar-refractivity contribution in [3.63, 3.8) is 0 Å². The normalized spacial score (nSPS) is 17.1. The summed E-state index contributed by atoms with van der Waals surface area (Å²) in [6, 6.07) is 17.7. The smallest absolute Gasteiger partial charge is 0.0543 e. The van der Waals surface area contributed by atoms with Gasteiger partial charge in [-0.1, -0.05) is 24.3 Å². The van der Waals surface area contributed by atoms with Crippen LogP contribution in [0.4, 0.5) is 0 Å². The molecule has 3 nitrogen and oxygen atoms in total. The molecule has 0 aliphatic carbocycles. The Bertz CT molecular complexity index is 739. The van der Waals surface area contributed by atoms with Crippen LogP contribution in [0.15, 0.2) is 60.9 Å². The highest BCUT2D eigenvalue weighted by atomic mass is 15.2. The molecule has 3 heterocycles. The lowest BCUT2D eigenvalue weighted by Crippen LogP contribution is -2.34. The third-order valence-corrected chi connectivity index (χ3v) is 4.69. The molecule has 0 bridgehead atoms. The molecule has 1 aliphatic rings. The number of hydrogen-bond acceptors (Lipinski definition) is 2. The Balaban J connectivity index is 1.43. The molecular weight excluding hydrogens is 270 g/mol. The van der Waals surface area contributed by atoms with Gasteiger partial charge in [0.15, 0.2) is 0 Å². The van der Waals surface area contributed by atoms with E-state index in [0.717, 1.165) is 19.6 Å². The van der Waals surface area contributed by atoms with Crippen molar-refractivity contribution in [3.8, 4) is 0 Å². The minimum Gasteiger partial charge on any atom is -0.344 e. The number of rotatable bonds is 3. The fourth-order valence-corrected chi connectivity index (χ4v) is 3.50. The topological polar surface area (TPSA) is 21.1 Å². The fourth-order valence-electron chi connectivity index (χ4n) is 3.50. The van der Waals surface area contributed by atoms with Crippen LogP contribution in [-0.2, 0) is 6.54 Å². The maximum Gasteiger partial charge on any atom is 0.0543 e. The van der Waals surface area contributed by atoms with Crippen molar-refractivity contribution >= 4 is 10.9 Å². The zero-order chi connectivity index (χ0) is 14.8. The molecule has 1 aromatic carbocycles. The van der Waals surface area contributed by atoms with Gasteiger partial charge in [0.2, 0.25) is 0 Å². The van der Waals surface area contributed by atoms with Crippen molar-refractivity contribution in [2.75, 3.05) is 13.1 Å². The Morgan fingerprint density at radius 2 is 1.77 bits per heavy atom. The summed E-state index contributed by atoms with van der Waals surface area (Å²) in [5, 5.41) is 1.35. The second-order valence-corrected chi connectivity index (χ2v) is 6.11. The number of piperidine rings is 1. The first-order valence-electron chi connectivity index (χ1n) is 8.08. The number of nitrogens with zero attached hydrogens (tertiary/aromatic N) is 3. The summed E-state index contributed by atoms with van der Waals surface area (Å²) >= 11 is 0. The molecule has 22 heavy (non-hydrogen) atoms. The number of benzene rings is 1. The van der Waals surface area contributed by atoms with E-state index in [4.69, 9.17) is 0 Å². The van der Waals surface area contributed by atoms with E-state index < -0.39 is 0 Å². The maximum absolute atomic E-state index is 4.44. The van der Waals surface area contributed by atoms with Gasteiger partial charge in [0, 0.05) is 43.6 Å². The summed E-state index contributed by atoms with van der Waals surface area (Å²) in [5.74, 6) is 0. The first-order chi connectivity index (χ1) is 10.9. The summed E-state index contributed by atoms with van der Waals surface area (Å²) in [5.41, 5.74) is 2.54. The highest BCUT2D eigenvalue weighted by molar-refractivity contribution is 5.80. The average Bonchev–Trinajstić information content (AvgIpc) is 3.01. The van der Waals surface area contributed by atoms with Crippen LogP contribution in [0.25, 0.3) is 10.9 Å². The van der Waals surface area contributed by atoms with E-state index in [1.807, 2.05) is 12.3 Å². The van der Waals surface area contributed by atoms with Gasteiger partial charge < -0.3 is 4.57 Å². The van der Waals surface area contributed by atoms with Crippen molar-refractivity contribution in [3.05, 3.63) is 66.6 Å². The van der Waals surface area contributed by atoms with Crippen molar-refractivity contribution < 1.29 is 0 Å². The Hall–Kier alpha value is -2.13. The monoisotopic (exact) mass is 291 g/mol. The standard InChI is InChI=1S/C19H21N3/c1-2-7-19-16(5-1)8-14-22(19)18-9-12-21(13-10-18)15-17-6-3-4-11-20-17/h1-8,11,14,18H,9-10,12-13,15H2. The molecule has 0 radical (unpaired) electrons. The number of para-hydroxylation sites is 1. The molecule has 3 aromatic rings. The molecule has 2 aromatic heterocycles. The summed E-state index contributed by atoms with van der Waals surface area (Å²) < 4.78 is 2.47. The van der Waals surface area contributed by atoms with Crippen molar-refractivity contribution in [1.82, 2.24) is 14.5 Å². The molecule has 0 atom stereocenters. The van der Waals surface area contributed by atoms with Gasteiger partial charge in [-0.25, -0.2) is 0 Å². The van der Waals surface area contributed by atoms with Crippen LogP contribution in [0.2, 0.25) is 0 Å². The molecule has 112 valence electrons. The van der Waals surface area contributed by atoms with E-state index in [0.29, 0.717) is 6.04 Å². The van der Waals surface area contributed by atoms with Gasteiger partial charge in [-0.2, -0.15) is 0 Å². The zero-order valence-corrected chi connectivity index (χ0v) is 12.7. The van der Waals surface area contributed by atoms with Crippen molar-refractivity contribution in [2.45, 2.75) is 25.4 Å². The predicted molar refractivity (Wildman–Crippen MR) is 89.7 cm³/mol. The van der Waals surface area contributed by atoms with Gasteiger partial charge >= 0.3 is 0 Å². The quantitative estimate of drug-likeness (QED) is 0.730. The summed E-state index contributed by atoms with van der Waals surface area (Å²) in [7, 11) is 0. The molecule has 3 heteroatoms. The van der Waals surface area contributed by atoms with E-state index in [1.54, 1.807) is 0 Å². The molecule has 0 spiro atoms. The molecule has 0 amide bonds. The molecule has 4 rings (SSSR count). The molecule has 1 saturated heterocycles. The van der Waals surface area contributed by atoms with Gasteiger partial charge in [0.25, 0.3) is 0 Å². The highest BCUT2D eigenvalue weighted by Gasteiger charge is 2.21. The first kappa shape index (κ1) is 13.5. The third kappa shape index (κ3) is 2.64. The van der Waals surface area contributed by atoms with Gasteiger partial charge in [-0.15, -0.1) is 0 Å². The number of aromatic nitrogens is 2. The molecule has 0 saturated carbocycles. The van der Waals surface area contributed by atoms with Crippen LogP contribution >= 0.6 is 0 Å². The summed E-state index contributed by atoms with van der Waals surface area (Å²) in [4.78, 5) is 6.95. The van der Waals surface area contributed by atoms with E-state index in [9.17, 15) is 0 Å². The Kier molecular flexibility index (Phi) is 3.65. The largest absolute Gasteiger partial charge is 0.344 e. The fraction of sp³-hybridized carbons (Fsp3) is 0.316. The van der Waals surface area contributed by atoms with Crippen LogP contribution in [-0.4, -0.2) is 27.5 Å². The Labute approximate surface area is 131 Å². The second kappa shape index (κ2) is 5.93. The average molecular weight is 291 g/mol. The van der Waals surface area contributed by atoms with Gasteiger partial charge in [0.05, 0.1) is 5.69 Å². The molecule has 1 aliphatic heterocycles. The predicted octanol–water partition coefficient (Wildman–Crippen LogP) is 3.87. The lowest BCUT2D eigenvalue weighted by atomic mass is 10.0. The SMILES string of the molecule is c1ccc(CN2CCC(n3ccc4ccccc43)CC2)nc1. The summed E-state index contributed by atoms with van der Waals surface area (Å²) in [6.45, 7) is 3.27. The molecular formula is C19H21N3. The lowest BCUT2D eigenvalue weighted by molar-refractivity contribution is 0.180.